The van der Waals surface area contributed by atoms with E-state index in [0.29, 0.717) is 5.92 Å². The van der Waals surface area contributed by atoms with Crippen LogP contribution in [0.5, 0.6) is 0 Å². The quantitative estimate of drug-likeness (QED) is 0.734. The molecule has 1 aliphatic rings. The predicted octanol–water partition coefficient (Wildman–Crippen LogP) is 1.32. The minimum absolute atomic E-state index is 0.169. The molecule has 0 fully saturated rings. The molecule has 2 unspecified atom stereocenters. The number of amides is 1. The maximum atomic E-state index is 10.4. The summed E-state index contributed by atoms with van der Waals surface area (Å²) in [5.74, 6) is 0.523. The standard InChI is InChI=1S/C11H18N2O2/c1-8-4-2-3-5-9(8)6-10(12)7-15-11(13)14/h2-3,5,8,10H,4,6-7,12H2,1H3,(H2,13,14). The van der Waals surface area contributed by atoms with E-state index in [2.05, 4.69) is 23.8 Å². The molecule has 15 heavy (non-hydrogen) atoms. The molecule has 0 aromatic rings. The molecular weight excluding hydrogens is 192 g/mol. The van der Waals surface area contributed by atoms with Crippen molar-refractivity contribution in [1.82, 2.24) is 0 Å². The molecule has 0 aromatic carbocycles. The molecule has 0 spiro atoms. The highest BCUT2D eigenvalue weighted by atomic mass is 16.5. The lowest BCUT2D eigenvalue weighted by molar-refractivity contribution is 0.149. The summed E-state index contributed by atoms with van der Waals surface area (Å²) in [6.45, 7) is 2.35. The van der Waals surface area contributed by atoms with Gasteiger partial charge in [-0.25, -0.2) is 4.79 Å². The number of ether oxygens (including phenoxy) is 1. The second-order valence-corrected chi connectivity index (χ2v) is 3.90. The lowest BCUT2D eigenvalue weighted by atomic mass is 9.89. The first-order valence-corrected chi connectivity index (χ1v) is 5.13. The Labute approximate surface area is 90.0 Å². The fourth-order valence-electron chi connectivity index (χ4n) is 1.61. The van der Waals surface area contributed by atoms with Crippen molar-refractivity contribution in [2.24, 2.45) is 17.4 Å². The maximum Gasteiger partial charge on any atom is 0.404 e. The molecule has 0 radical (unpaired) electrons. The molecule has 84 valence electrons. The Morgan fingerprint density at radius 3 is 3.07 bits per heavy atom. The third-order valence-electron chi connectivity index (χ3n) is 2.51. The van der Waals surface area contributed by atoms with E-state index < -0.39 is 6.09 Å². The molecule has 1 rings (SSSR count). The summed E-state index contributed by atoms with van der Waals surface area (Å²) in [6.07, 6.45) is 7.29. The molecular formula is C11H18N2O2. The van der Waals surface area contributed by atoms with Gasteiger partial charge in [-0.2, -0.15) is 0 Å². The highest BCUT2D eigenvalue weighted by Gasteiger charge is 2.14. The van der Waals surface area contributed by atoms with E-state index in [1.165, 1.54) is 5.57 Å². The summed E-state index contributed by atoms with van der Waals surface area (Å²) in [5.41, 5.74) is 12.0. The summed E-state index contributed by atoms with van der Waals surface area (Å²) >= 11 is 0. The van der Waals surface area contributed by atoms with Gasteiger partial charge in [0.05, 0.1) is 0 Å². The molecule has 0 bridgehead atoms. The Kier molecular flexibility index (Phi) is 4.37. The Morgan fingerprint density at radius 2 is 2.47 bits per heavy atom. The zero-order chi connectivity index (χ0) is 11.3. The van der Waals surface area contributed by atoms with E-state index in [0.717, 1.165) is 12.8 Å². The second-order valence-electron chi connectivity index (χ2n) is 3.90. The van der Waals surface area contributed by atoms with E-state index in [-0.39, 0.29) is 12.6 Å². The summed E-state index contributed by atoms with van der Waals surface area (Å²) in [5, 5.41) is 0. The first-order valence-electron chi connectivity index (χ1n) is 5.13. The average molecular weight is 210 g/mol. The van der Waals surface area contributed by atoms with Crippen LogP contribution in [0, 0.1) is 5.92 Å². The maximum absolute atomic E-state index is 10.4. The van der Waals surface area contributed by atoms with Gasteiger partial charge in [0.25, 0.3) is 0 Å². The van der Waals surface area contributed by atoms with Crippen LogP contribution in [-0.4, -0.2) is 18.7 Å². The Morgan fingerprint density at radius 1 is 1.73 bits per heavy atom. The molecule has 0 heterocycles. The van der Waals surface area contributed by atoms with Gasteiger partial charge >= 0.3 is 6.09 Å². The molecule has 0 saturated carbocycles. The van der Waals surface area contributed by atoms with Crippen LogP contribution in [0.15, 0.2) is 23.8 Å². The average Bonchev–Trinajstić information content (AvgIpc) is 2.18. The molecule has 4 N–H and O–H groups in total. The van der Waals surface area contributed by atoms with Gasteiger partial charge in [0.15, 0.2) is 0 Å². The van der Waals surface area contributed by atoms with Crippen molar-refractivity contribution in [2.45, 2.75) is 25.8 Å². The number of hydrogen-bond acceptors (Lipinski definition) is 3. The van der Waals surface area contributed by atoms with E-state index in [4.69, 9.17) is 11.5 Å². The Bertz CT molecular complexity index is 284. The molecule has 2 atom stereocenters. The van der Waals surface area contributed by atoms with Crippen LogP contribution in [0.1, 0.15) is 19.8 Å². The number of primary amides is 1. The SMILES string of the molecule is CC1CC=CC=C1CC(N)COC(N)=O. The molecule has 1 amide bonds. The third-order valence-corrected chi connectivity index (χ3v) is 2.51. The smallest absolute Gasteiger partial charge is 0.404 e. The van der Waals surface area contributed by atoms with Gasteiger partial charge in [0.2, 0.25) is 0 Å². The van der Waals surface area contributed by atoms with Gasteiger partial charge in [-0.3, -0.25) is 0 Å². The molecule has 1 aliphatic carbocycles. The minimum atomic E-state index is -0.768. The monoisotopic (exact) mass is 210 g/mol. The minimum Gasteiger partial charge on any atom is -0.448 e. The molecule has 0 aromatic heterocycles. The first-order chi connectivity index (χ1) is 7.09. The lowest BCUT2D eigenvalue weighted by Crippen LogP contribution is -2.30. The van der Waals surface area contributed by atoms with Crippen molar-refractivity contribution in [2.75, 3.05) is 6.61 Å². The predicted molar refractivity (Wildman–Crippen MR) is 59.1 cm³/mol. The van der Waals surface area contributed by atoms with Gasteiger partial charge in [-0.1, -0.05) is 30.7 Å². The highest BCUT2D eigenvalue weighted by molar-refractivity contribution is 5.64. The number of hydrogen-bond donors (Lipinski definition) is 2. The number of carbonyl (C=O) groups excluding carboxylic acids is 1. The largest absolute Gasteiger partial charge is 0.448 e. The van der Waals surface area contributed by atoms with Crippen LogP contribution in [-0.2, 0) is 4.74 Å². The van der Waals surface area contributed by atoms with Crippen molar-refractivity contribution < 1.29 is 9.53 Å². The van der Waals surface area contributed by atoms with Crippen molar-refractivity contribution in [3.8, 4) is 0 Å². The van der Waals surface area contributed by atoms with E-state index >= 15 is 0 Å². The summed E-state index contributed by atoms with van der Waals surface area (Å²) in [6, 6.07) is -0.169. The van der Waals surface area contributed by atoms with E-state index in [9.17, 15) is 4.79 Å². The third kappa shape index (κ3) is 4.16. The van der Waals surface area contributed by atoms with Gasteiger partial charge < -0.3 is 16.2 Å². The molecule has 0 saturated heterocycles. The Balaban J connectivity index is 2.36. The summed E-state index contributed by atoms with van der Waals surface area (Å²) in [7, 11) is 0. The first kappa shape index (κ1) is 11.8. The topological polar surface area (TPSA) is 78.3 Å². The van der Waals surface area contributed by atoms with Gasteiger partial charge in [-0.05, 0) is 18.8 Å². The van der Waals surface area contributed by atoms with Crippen molar-refractivity contribution >= 4 is 6.09 Å². The van der Waals surface area contributed by atoms with Crippen LogP contribution in [0.3, 0.4) is 0 Å². The van der Waals surface area contributed by atoms with E-state index in [1.807, 2.05) is 6.08 Å². The lowest BCUT2D eigenvalue weighted by Gasteiger charge is -2.20. The molecule has 4 heteroatoms. The van der Waals surface area contributed by atoms with Crippen LogP contribution < -0.4 is 11.5 Å². The number of rotatable bonds is 4. The Hall–Kier alpha value is -1.29. The fourth-order valence-corrected chi connectivity index (χ4v) is 1.61. The van der Waals surface area contributed by atoms with E-state index in [1.54, 1.807) is 0 Å². The normalized spacial score (nSPS) is 22.0. The van der Waals surface area contributed by atoms with Crippen molar-refractivity contribution in [1.29, 1.82) is 0 Å². The molecule has 4 nitrogen and oxygen atoms in total. The van der Waals surface area contributed by atoms with Gasteiger partial charge in [0, 0.05) is 6.04 Å². The molecule has 0 aliphatic heterocycles. The number of carbonyl (C=O) groups is 1. The van der Waals surface area contributed by atoms with Crippen molar-refractivity contribution in [3.63, 3.8) is 0 Å². The zero-order valence-corrected chi connectivity index (χ0v) is 8.98. The highest BCUT2D eigenvalue weighted by Crippen LogP contribution is 2.23. The fraction of sp³-hybridized carbons (Fsp3) is 0.545. The number of allylic oxidation sites excluding steroid dienone is 3. The van der Waals surface area contributed by atoms with Crippen LogP contribution >= 0.6 is 0 Å². The van der Waals surface area contributed by atoms with Crippen LogP contribution in [0.4, 0.5) is 4.79 Å². The van der Waals surface area contributed by atoms with Gasteiger partial charge in [-0.15, -0.1) is 0 Å². The van der Waals surface area contributed by atoms with Crippen LogP contribution in [0.25, 0.3) is 0 Å². The number of nitrogens with two attached hydrogens (primary N) is 2. The zero-order valence-electron chi connectivity index (χ0n) is 8.98. The summed E-state index contributed by atoms with van der Waals surface area (Å²) in [4.78, 5) is 10.4. The van der Waals surface area contributed by atoms with Crippen LogP contribution in [0.2, 0.25) is 0 Å². The summed E-state index contributed by atoms with van der Waals surface area (Å²) < 4.78 is 4.65. The second kappa shape index (κ2) is 5.56. The van der Waals surface area contributed by atoms with Crippen molar-refractivity contribution in [3.05, 3.63) is 23.8 Å². The van der Waals surface area contributed by atoms with Gasteiger partial charge in [0.1, 0.15) is 6.61 Å².